The zero-order valence-electron chi connectivity index (χ0n) is 16.2. The minimum Gasteiger partial charge on any atom is -0.497 e. The van der Waals surface area contributed by atoms with E-state index in [1.807, 2.05) is 0 Å². The number of hydrogen-bond acceptors (Lipinski definition) is 9. The molecule has 0 saturated carbocycles. The Hall–Kier alpha value is -3.10. The van der Waals surface area contributed by atoms with Crippen LogP contribution in [0, 0.1) is 5.41 Å². The van der Waals surface area contributed by atoms with E-state index in [4.69, 9.17) is 18.9 Å². The van der Waals surface area contributed by atoms with Crippen LogP contribution in [0.5, 0.6) is 5.75 Å². The molecule has 1 atom stereocenters. The van der Waals surface area contributed by atoms with Crippen LogP contribution in [0.3, 0.4) is 0 Å². The topological polar surface area (TPSA) is 117 Å². The fourth-order valence-corrected chi connectivity index (χ4v) is 3.03. The van der Waals surface area contributed by atoms with E-state index in [0.29, 0.717) is 5.75 Å². The summed E-state index contributed by atoms with van der Waals surface area (Å²) in [5, 5.41) is 2.78. The predicted octanol–water partition coefficient (Wildman–Crippen LogP) is 1.35. The highest BCUT2D eigenvalue weighted by atomic mass is 16.6. The number of hydrogen-bond donors (Lipinski definition) is 1. The molecule has 1 aliphatic rings. The molecule has 152 valence electrons. The van der Waals surface area contributed by atoms with Crippen molar-refractivity contribution in [3.63, 3.8) is 0 Å². The maximum Gasteiger partial charge on any atom is 0.334 e. The van der Waals surface area contributed by atoms with Crippen molar-refractivity contribution in [2.75, 3.05) is 32.2 Å². The Labute approximate surface area is 162 Å². The van der Waals surface area contributed by atoms with Gasteiger partial charge in [0.2, 0.25) is 0 Å². The predicted molar refractivity (Wildman–Crippen MR) is 97.1 cm³/mol. The standard InChI is InChI=1S/C19H23NO8/c1-5-26-16(22)14-19(17(23)27-6-2,18(24)28-7-3)15(21)12-9-8-11(25-4)10-13(12)20-14/h8-10,14,20H,5-7H2,1-4H3. The minimum absolute atomic E-state index is 0.0160. The van der Waals surface area contributed by atoms with E-state index in [-0.39, 0.29) is 31.1 Å². The van der Waals surface area contributed by atoms with E-state index in [9.17, 15) is 19.2 Å². The fraction of sp³-hybridized carbons (Fsp3) is 0.474. The first-order valence-electron chi connectivity index (χ1n) is 8.88. The number of esters is 3. The Morgan fingerprint density at radius 3 is 2.07 bits per heavy atom. The largest absolute Gasteiger partial charge is 0.497 e. The molecule has 9 heteroatoms. The van der Waals surface area contributed by atoms with Crippen molar-refractivity contribution < 1.29 is 38.1 Å². The van der Waals surface area contributed by atoms with Gasteiger partial charge in [-0.1, -0.05) is 0 Å². The van der Waals surface area contributed by atoms with Crippen LogP contribution in [0.1, 0.15) is 31.1 Å². The van der Waals surface area contributed by atoms with Crippen LogP contribution in [0.4, 0.5) is 5.69 Å². The summed E-state index contributed by atoms with van der Waals surface area (Å²) in [5.74, 6) is -3.79. The van der Waals surface area contributed by atoms with Crippen LogP contribution in [0.15, 0.2) is 18.2 Å². The number of ether oxygens (including phenoxy) is 4. The number of methoxy groups -OCH3 is 1. The van der Waals surface area contributed by atoms with E-state index < -0.39 is 35.1 Å². The number of Topliss-reactive ketones (excluding diaryl/α,β-unsaturated/α-hetero) is 1. The molecular weight excluding hydrogens is 370 g/mol. The molecule has 2 rings (SSSR count). The number of benzene rings is 1. The smallest absolute Gasteiger partial charge is 0.334 e. The first kappa shape index (κ1) is 21.2. The SMILES string of the molecule is CCOC(=O)C1Nc2cc(OC)ccc2C(=O)C1(C(=O)OCC)C(=O)OCC. The Kier molecular flexibility index (Phi) is 6.61. The number of nitrogens with one attached hydrogen (secondary N) is 1. The molecule has 1 aromatic carbocycles. The molecule has 0 radical (unpaired) electrons. The molecule has 0 aromatic heterocycles. The van der Waals surface area contributed by atoms with Crippen molar-refractivity contribution in [3.05, 3.63) is 23.8 Å². The summed E-state index contributed by atoms with van der Waals surface area (Å²) in [7, 11) is 1.44. The highest BCUT2D eigenvalue weighted by Crippen LogP contribution is 2.41. The van der Waals surface area contributed by atoms with Gasteiger partial charge < -0.3 is 24.3 Å². The summed E-state index contributed by atoms with van der Waals surface area (Å²) in [4.78, 5) is 51.8. The molecule has 9 nitrogen and oxygen atoms in total. The van der Waals surface area contributed by atoms with Gasteiger partial charge in [0.15, 0.2) is 11.8 Å². The number of fused-ring (bicyclic) bond motifs is 1. The third-order valence-corrected chi connectivity index (χ3v) is 4.28. The van der Waals surface area contributed by atoms with Crippen LogP contribution in [0.25, 0.3) is 0 Å². The summed E-state index contributed by atoms with van der Waals surface area (Å²) in [5.41, 5.74) is -2.30. The monoisotopic (exact) mass is 393 g/mol. The molecule has 0 bridgehead atoms. The highest BCUT2D eigenvalue weighted by Gasteiger charge is 2.66. The number of carbonyl (C=O) groups excluding carboxylic acids is 4. The van der Waals surface area contributed by atoms with Gasteiger partial charge in [-0.05, 0) is 32.9 Å². The summed E-state index contributed by atoms with van der Waals surface area (Å²) >= 11 is 0. The third kappa shape index (κ3) is 3.39. The van der Waals surface area contributed by atoms with Crippen LogP contribution >= 0.6 is 0 Å². The Morgan fingerprint density at radius 1 is 1.00 bits per heavy atom. The fourth-order valence-electron chi connectivity index (χ4n) is 3.03. The van der Waals surface area contributed by atoms with Crippen LogP contribution in [-0.4, -0.2) is 56.7 Å². The second-order valence-electron chi connectivity index (χ2n) is 5.82. The molecule has 1 aliphatic heterocycles. The lowest BCUT2D eigenvalue weighted by atomic mass is 9.70. The number of rotatable bonds is 7. The van der Waals surface area contributed by atoms with Gasteiger partial charge in [-0.2, -0.15) is 0 Å². The van der Waals surface area contributed by atoms with Crippen molar-refractivity contribution in [1.82, 2.24) is 0 Å². The van der Waals surface area contributed by atoms with E-state index in [2.05, 4.69) is 5.32 Å². The Morgan fingerprint density at radius 2 is 1.57 bits per heavy atom. The van der Waals surface area contributed by atoms with Gasteiger partial charge in [-0.25, -0.2) is 4.79 Å². The summed E-state index contributed by atoms with van der Waals surface area (Å²) in [6.45, 7) is 4.40. The molecule has 1 aromatic rings. The number of ketones is 1. The average Bonchev–Trinajstić information content (AvgIpc) is 2.67. The first-order valence-corrected chi connectivity index (χ1v) is 8.88. The van der Waals surface area contributed by atoms with Gasteiger partial charge in [0.05, 0.1) is 26.9 Å². The normalized spacial score (nSPS) is 17.0. The molecule has 1 heterocycles. The number of anilines is 1. The van der Waals surface area contributed by atoms with Gasteiger partial charge in [0, 0.05) is 17.3 Å². The molecular formula is C19H23NO8. The molecule has 0 saturated heterocycles. The van der Waals surface area contributed by atoms with E-state index in [0.717, 1.165) is 0 Å². The lowest BCUT2D eigenvalue weighted by molar-refractivity contribution is -0.173. The van der Waals surface area contributed by atoms with E-state index >= 15 is 0 Å². The van der Waals surface area contributed by atoms with Crippen LogP contribution < -0.4 is 10.1 Å². The zero-order chi connectivity index (χ0) is 20.9. The van der Waals surface area contributed by atoms with Crippen molar-refractivity contribution in [1.29, 1.82) is 0 Å². The molecule has 1 N–H and O–H groups in total. The lowest BCUT2D eigenvalue weighted by Crippen LogP contribution is -2.64. The molecule has 0 aliphatic carbocycles. The first-order chi connectivity index (χ1) is 13.4. The average molecular weight is 393 g/mol. The van der Waals surface area contributed by atoms with Gasteiger partial charge >= 0.3 is 17.9 Å². The molecule has 1 unspecified atom stereocenters. The summed E-state index contributed by atoms with van der Waals surface area (Å²) in [6, 6.07) is 2.74. The highest BCUT2D eigenvalue weighted by molar-refractivity contribution is 6.31. The van der Waals surface area contributed by atoms with Gasteiger partial charge in [0.25, 0.3) is 5.41 Å². The Balaban J connectivity index is 2.74. The number of carbonyl (C=O) groups is 4. The summed E-state index contributed by atoms with van der Waals surface area (Å²) in [6.07, 6.45) is 0. The minimum atomic E-state index is -2.56. The van der Waals surface area contributed by atoms with Crippen molar-refractivity contribution in [2.24, 2.45) is 5.41 Å². The van der Waals surface area contributed by atoms with E-state index in [1.165, 1.54) is 39.2 Å². The zero-order valence-corrected chi connectivity index (χ0v) is 16.2. The van der Waals surface area contributed by atoms with Gasteiger partial charge in [-0.15, -0.1) is 0 Å². The molecule has 28 heavy (non-hydrogen) atoms. The van der Waals surface area contributed by atoms with E-state index in [1.54, 1.807) is 6.92 Å². The molecule has 0 fully saturated rings. The van der Waals surface area contributed by atoms with Crippen LogP contribution in [0.2, 0.25) is 0 Å². The van der Waals surface area contributed by atoms with Crippen molar-refractivity contribution >= 4 is 29.4 Å². The second kappa shape index (κ2) is 8.73. The van der Waals surface area contributed by atoms with Crippen molar-refractivity contribution in [2.45, 2.75) is 26.8 Å². The quantitative estimate of drug-likeness (QED) is 0.416. The second-order valence-corrected chi connectivity index (χ2v) is 5.82. The molecule has 0 amide bonds. The maximum absolute atomic E-state index is 13.4. The lowest BCUT2D eigenvalue weighted by Gasteiger charge is -2.38. The van der Waals surface area contributed by atoms with Gasteiger partial charge in [0.1, 0.15) is 5.75 Å². The third-order valence-electron chi connectivity index (χ3n) is 4.28. The molecule has 0 spiro atoms. The maximum atomic E-state index is 13.4. The Bertz CT molecular complexity index is 770. The van der Waals surface area contributed by atoms with Crippen LogP contribution in [-0.2, 0) is 28.6 Å². The van der Waals surface area contributed by atoms with Crippen molar-refractivity contribution in [3.8, 4) is 5.75 Å². The summed E-state index contributed by atoms with van der Waals surface area (Å²) < 4.78 is 20.2. The van der Waals surface area contributed by atoms with Gasteiger partial charge in [-0.3, -0.25) is 14.4 Å².